The third kappa shape index (κ3) is 7.69. The molecule has 0 fully saturated rings. The first-order valence-electron chi connectivity index (χ1n) is 18.8. The Labute approximate surface area is 335 Å². The number of ether oxygens (including phenoxy) is 2. The molecule has 55 heavy (non-hydrogen) atoms. The second kappa shape index (κ2) is 15.6. The number of carbonyl (C=O) groups is 1. The van der Waals surface area contributed by atoms with E-state index in [1.807, 2.05) is 56.1 Å². The van der Waals surface area contributed by atoms with E-state index in [0.717, 1.165) is 40.4 Å². The summed E-state index contributed by atoms with van der Waals surface area (Å²) in [5, 5.41) is 4.51. The van der Waals surface area contributed by atoms with Crippen molar-refractivity contribution in [2.45, 2.75) is 82.7 Å². The molecular formula is C46H49ClN2O4SSi. The van der Waals surface area contributed by atoms with Crippen molar-refractivity contribution in [2.24, 2.45) is 5.41 Å². The van der Waals surface area contributed by atoms with Crippen LogP contribution in [-0.4, -0.2) is 36.2 Å². The number of halogens is 1. The maximum absolute atomic E-state index is 13.0. The second-order valence-corrected chi connectivity index (χ2v) is 22.3. The summed E-state index contributed by atoms with van der Waals surface area (Å²) in [6.07, 6.45) is 3.25. The Morgan fingerprint density at radius 1 is 0.891 bits per heavy atom. The van der Waals surface area contributed by atoms with E-state index in [1.54, 1.807) is 0 Å². The molecule has 0 aliphatic carbocycles. The van der Waals surface area contributed by atoms with Crippen molar-refractivity contribution in [1.29, 1.82) is 0 Å². The van der Waals surface area contributed by atoms with Crippen molar-refractivity contribution in [3.63, 3.8) is 0 Å². The van der Waals surface area contributed by atoms with Crippen molar-refractivity contribution in [3.8, 4) is 11.5 Å². The number of nitrogens with zero attached hydrogens (tertiary/aromatic N) is 2. The molecule has 1 aliphatic rings. The Morgan fingerprint density at radius 3 is 2.13 bits per heavy atom. The number of pyridine rings is 1. The Kier molecular flexibility index (Phi) is 11.0. The zero-order chi connectivity index (χ0) is 39.0. The van der Waals surface area contributed by atoms with Gasteiger partial charge in [-0.05, 0) is 77.6 Å². The molecule has 0 bridgehead atoms. The third-order valence-electron chi connectivity index (χ3n) is 10.6. The van der Waals surface area contributed by atoms with Crippen LogP contribution in [0.15, 0.2) is 120 Å². The second-order valence-electron chi connectivity index (χ2n) is 16.1. The van der Waals surface area contributed by atoms with Gasteiger partial charge in [0, 0.05) is 44.8 Å². The van der Waals surface area contributed by atoms with E-state index in [2.05, 4.69) is 117 Å². The fourth-order valence-corrected chi connectivity index (χ4v) is 13.8. The third-order valence-corrected chi connectivity index (χ3v) is 17.1. The molecular weight excluding hydrogens is 740 g/mol. The summed E-state index contributed by atoms with van der Waals surface area (Å²) in [7, 11) is -1.32. The number of methoxy groups -OCH3 is 1. The smallest absolute Gasteiger partial charge is 0.320 e. The van der Waals surface area contributed by atoms with Crippen molar-refractivity contribution < 1.29 is 18.7 Å². The van der Waals surface area contributed by atoms with Gasteiger partial charge in [0.05, 0.1) is 29.9 Å². The van der Waals surface area contributed by atoms with Gasteiger partial charge in [0.1, 0.15) is 18.1 Å². The zero-order valence-electron chi connectivity index (χ0n) is 32.7. The van der Waals surface area contributed by atoms with Crippen LogP contribution in [0.5, 0.6) is 11.5 Å². The highest BCUT2D eigenvalue weighted by Gasteiger charge is 2.52. The Bertz CT molecular complexity index is 2250. The van der Waals surface area contributed by atoms with Gasteiger partial charge in [0.15, 0.2) is 0 Å². The molecule has 1 atom stereocenters. The molecule has 0 saturated heterocycles. The standard InChI is InChI=1S/C46H49ClN2O4SSi/c1-31-26-38-41(25-24-39-42(38)43(54-31)40(27-46(5,6)44(50)51-7)49(39)29-32-18-20-33(47)21-19-32)52-30-34-22-23-35(28-48-34)53-55(45(2,3)4,36-14-10-8-11-15-36)37-16-12-9-13-17-37/h8-25,28,31H,26-27,29-30H2,1-7H3. The van der Waals surface area contributed by atoms with Gasteiger partial charge in [-0.25, -0.2) is 0 Å². The predicted octanol–water partition coefficient (Wildman–Crippen LogP) is 10.0. The average molecular weight is 790 g/mol. The van der Waals surface area contributed by atoms with E-state index in [1.165, 1.54) is 33.3 Å². The highest BCUT2D eigenvalue weighted by molar-refractivity contribution is 8.00. The van der Waals surface area contributed by atoms with Crippen molar-refractivity contribution >= 4 is 58.9 Å². The fourth-order valence-electron chi connectivity index (χ4n) is 7.93. The fraction of sp³-hybridized carbons (Fsp3) is 0.304. The van der Waals surface area contributed by atoms with Gasteiger partial charge >= 0.3 is 14.3 Å². The molecule has 3 heterocycles. The molecule has 284 valence electrons. The monoisotopic (exact) mass is 788 g/mol. The zero-order valence-corrected chi connectivity index (χ0v) is 35.3. The summed E-state index contributed by atoms with van der Waals surface area (Å²) < 4.78 is 21.4. The van der Waals surface area contributed by atoms with E-state index in [9.17, 15) is 4.79 Å². The van der Waals surface area contributed by atoms with E-state index in [4.69, 9.17) is 30.5 Å². The maximum Gasteiger partial charge on any atom is 0.320 e. The number of thioether (sulfide) groups is 1. The van der Waals surface area contributed by atoms with Crippen LogP contribution in [0.2, 0.25) is 10.1 Å². The van der Waals surface area contributed by atoms with Crippen LogP contribution >= 0.6 is 23.4 Å². The molecule has 6 nitrogen and oxygen atoms in total. The van der Waals surface area contributed by atoms with Crippen LogP contribution in [0.1, 0.15) is 64.1 Å². The number of hydrogen-bond donors (Lipinski definition) is 0. The van der Waals surface area contributed by atoms with Gasteiger partial charge in [0.25, 0.3) is 0 Å². The number of hydrogen-bond acceptors (Lipinski definition) is 6. The first-order chi connectivity index (χ1) is 26.3. The summed E-state index contributed by atoms with van der Waals surface area (Å²) in [5.41, 5.74) is 4.70. The summed E-state index contributed by atoms with van der Waals surface area (Å²) in [6, 6.07) is 37.6. The first-order valence-corrected chi connectivity index (χ1v) is 22.0. The SMILES string of the molecule is COC(=O)C(C)(C)Cc1c2c3c(c(OCc4ccc(O[Si](c5ccccc5)(c5ccccc5)C(C)(C)C)cn4)ccc3n1Cc1ccc(Cl)cc1)CC(C)S2. The topological polar surface area (TPSA) is 62.6 Å². The number of rotatable bonds is 12. The van der Waals surface area contributed by atoms with Crippen LogP contribution in [-0.2, 0) is 35.5 Å². The number of aromatic nitrogens is 2. The lowest BCUT2D eigenvalue weighted by Gasteiger charge is -2.42. The summed E-state index contributed by atoms with van der Waals surface area (Å²) in [4.78, 5) is 19.0. The van der Waals surface area contributed by atoms with Crippen molar-refractivity contribution in [2.75, 3.05) is 7.11 Å². The van der Waals surface area contributed by atoms with Gasteiger partial charge in [0.2, 0.25) is 0 Å². The van der Waals surface area contributed by atoms with Crippen LogP contribution in [0.4, 0.5) is 0 Å². The summed E-state index contributed by atoms with van der Waals surface area (Å²) in [6.45, 7) is 14.0. The Hall–Kier alpha value is -4.50. The maximum atomic E-state index is 13.0. The van der Waals surface area contributed by atoms with Gasteiger partial charge in [-0.2, -0.15) is 0 Å². The molecule has 6 aromatic rings. The van der Waals surface area contributed by atoms with Crippen LogP contribution in [0.25, 0.3) is 10.9 Å². The molecule has 0 saturated carbocycles. The van der Waals surface area contributed by atoms with Gasteiger partial charge < -0.3 is 18.5 Å². The molecule has 0 N–H and O–H groups in total. The highest BCUT2D eigenvalue weighted by atomic mass is 35.5. The van der Waals surface area contributed by atoms with Gasteiger partial charge in [-0.3, -0.25) is 9.78 Å². The number of carbonyl (C=O) groups excluding carboxylic acids is 1. The normalized spacial score (nSPS) is 14.5. The molecule has 1 aliphatic heterocycles. The number of benzene rings is 4. The molecule has 7 rings (SSSR count). The van der Waals surface area contributed by atoms with Crippen LogP contribution < -0.4 is 19.5 Å². The summed E-state index contributed by atoms with van der Waals surface area (Å²) >= 11 is 8.13. The van der Waals surface area contributed by atoms with E-state index in [-0.39, 0.29) is 11.0 Å². The minimum Gasteiger partial charge on any atom is -0.533 e. The van der Waals surface area contributed by atoms with Crippen LogP contribution in [0.3, 0.4) is 0 Å². The Balaban J connectivity index is 1.20. The van der Waals surface area contributed by atoms with Crippen LogP contribution in [0, 0.1) is 5.41 Å². The van der Waals surface area contributed by atoms with Gasteiger partial charge in [-0.15, -0.1) is 11.8 Å². The lowest BCUT2D eigenvalue weighted by Crippen LogP contribution is -2.68. The minimum atomic E-state index is -2.78. The average Bonchev–Trinajstić information content (AvgIpc) is 3.45. The quantitative estimate of drug-likeness (QED) is 0.0909. The molecule has 0 spiro atoms. The van der Waals surface area contributed by atoms with E-state index >= 15 is 0 Å². The molecule has 0 amide bonds. The molecule has 2 aromatic heterocycles. The molecule has 4 aromatic carbocycles. The predicted molar refractivity (Wildman–Crippen MR) is 228 cm³/mol. The number of esters is 1. The summed E-state index contributed by atoms with van der Waals surface area (Å²) in [5.74, 6) is 1.38. The molecule has 9 heteroatoms. The van der Waals surface area contributed by atoms with Gasteiger partial charge in [-0.1, -0.05) is 112 Å². The van der Waals surface area contributed by atoms with E-state index < -0.39 is 13.7 Å². The van der Waals surface area contributed by atoms with Crippen molar-refractivity contribution in [3.05, 3.63) is 143 Å². The Morgan fingerprint density at radius 2 is 1.55 bits per heavy atom. The lowest BCUT2D eigenvalue weighted by molar-refractivity contribution is -0.150. The lowest BCUT2D eigenvalue weighted by atomic mass is 9.87. The van der Waals surface area contributed by atoms with E-state index in [0.29, 0.717) is 29.8 Å². The molecule has 0 radical (unpaired) electrons. The first kappa shape index (κ1) is 38.8. The van der Waals surface area contributed by atoms with Crippen molar-refractivity contribution in [1.82, 2.24) is 9.55 Å². The molecule has 1 unspecified atom stereocenters. The minimum absolute atomic E-state index is 0.158. The largest absolute Gasteiger partial charge is 0.533 e. The highest BCUT2D eigenvalue weighted by Crippen LogP contribution is 2.48.